The first-order chi connectivity index (χ1) is 12.0. The minimum absolute atomic E-state index is 0.115. The lowest BCUT2D eigenvalue weighted by Crippen LogP contribution is -2.42. The lowest BCUT2D eigenvalue weighted by molar-refractivity contribution is 0.0619. The Labute approximate surface area is 149 Å². The van der Waals surface area contributed by atoms with Gasteiger partial charge in [-0.25, -0.2) is 14.3 Å². The topological polar surface area (TPSA) is 119 Å². The van der Waals surface area contributed by atoms with Gasteiger partial charge in [0.25, 0.3) is 5.91 Å². The van der Waals surface area contributed by atoms with Gasteiger partial charge in [0.15, 0.2) is 17.2 Å². The molecule has 0 spiro atoms. The van der Waals surface area contributed by atoms with Crippen LogP contribution in [0.15, 0.2) is 22.9 Å². The van der Waals surface area contributed by atoms with Gasteiger partial charge in [0, 0.05) is 31.5 Å². The molecule has 1 aliphatic rings. The second-order valence-electron chi connectivity index (χ2n) is 5.62. The lowest BCUT2D eigenvalue weighted by atomic mass is 10.2. The largest absolute Gasteiger partial charge is 0.475 e. The maximum atomic E-state index is 12.9. The van der Waals surface area contributed by atoms with Crippen LogP contribution in [0.5, 0.6) is 0 Å². The summed E-state index contributed by atoms with van der Waals surface area (Å²) in [5.74, 6) is -1.07. The number of nitrogens with zero attached hydrogens (tertiary/aromatic N) is 7. The molecule has 0 aliphatic carbocycles. The van der Waals surface area contributed by atoms with Crippen molar-refractivity contribution in [1.82, 2.24) is 34.3 Å². The van der Waals surface area contributed by atoms with Crippen LogP contribution in [0.25, 0.3) is 5.65 Å². The van der Waals surface area contributed by atoms with Gasteiger partial charge in [-0.05, 0) is 22.9 Å². The van der Waals surface area contributed by atoms with Gasteiger partial charge in [-0.15, -0.1) is 10.2 Å². The van der Waals surface area contributed by atoms with Crippen LogP contribution in [0.3, 0.4) is 0 Å². The Bertz CT molecular complexity index is 1010. The van der Waals surface area contributed by atoms with E-state index in [-0.39, 0.29) is 17.4 Å². The van der Waals surface area contributed by atoms with E-state index in [2.05, 4.69) is 36.2 Å². The zero-order valence-corrected chi connectivity index (χ0v) is 14.6. The highest BCUT2D eigenvalue weighted by atomic mass is 79.9. The van der Waals surface area contributed by atoms with Crippen molar-refractivity contribution in [2.24, 2.45) is 0 Å². The van der Waals surface area contributed by atoms with Gasteiger partial charge in [0.1, 0.15) is 0 Å². The van der Waals surface area contributed by atoms with Crippen LogP contribution in [0, 0.1) is 0 Å². The first kappa shape index (κ1) is 15.7. The van der Waals surface area contributed by atoms with Crippen LogP contribution < -0.4 is 0 Å². The molecule has 1 aliphatic heterocycles. The minimum Gasteiger partial charge on any atom is -0.475 e. The average molecular weight is 406 g/mol. The molecule has 0 saturated carbocycles. The van der Waals surface area contributed by atoms with Crippen molar-refractivity contribution in [3.8, 4) is 0 Å². The number of fused-ring (bicyclic) bond motifs is 2. The third-order valence-electron chi connectivity index (χ3n) is 4.14. The Morgan fingerprint density at radius 3 is 2.88 bits per heavy atom. The number of carbonyl (C=O) groups is 2. The monoisotopic (exact) mass is 405 g/mol. The van der Waals surface area contributed by atoms with Crippen molar-refractivity contribution in [3.63, 3.8) is 0 Å². The summed E-state index contributed by atoms with van der Waals surface area (Å²) in [6.07, 6.45) is 3.35. The number of aromatic nitrogens is 6. The molecule has 0 aromatic carbocycles. The smallest absolute Gasteiger partial charge is 0.374 e. The van der Waals surface area contributed by atoms with Gasteiger partial charge in [0.05, 0.1) is 10.5 Å². The molecule has 1 N–H and O–H groups in total. The molecule has 25 heavy (non-hydrogen) atoms. The standard InChI is InChI=1S/C14H12BrN7O3/c1-7-11-17-18-12(14(24)25)21(11)3-2-20(7)13(23)9-4-10-16-5-8(15)6-22(10)19-9/h4-7H,2-3H2,1H3,(H,24,25). The van der Waals surface area contributed by atoms with Crippen molar-refractivity contribution in [2.45, 2.75) is 19.5 Å². The minimum atomic E-state index is -1.14. The van der Waals surface area contributed by atoms with E-state index in [0.717, 1.165) is 4.47 Å². The lowest BCUT2D eigenvalue weighted by Gasteiger charge is -2.32. The van der Waals surface area contributed by atoms with Crippen LogP contribution in [0.2, 0.25) is 0 Å². The zero-order chi connectivity index (χ0) is 17.7. The number of hydrogen-bond donors (Lipinski definition) is 1. The molecule has 3 aromatic heterocycles. The molecule has 0 radical (unpaired) electrons. The summed E-state index contributed by atoms with van der Waals surface area (Å²) in [5, 5.41) is 21.0. The summed E-state index contributed by atoms with van der Waals surface area (Å²) < 4.78 is 3.80. The molecule has 128 valence electrons. The first-order valence-electron chi connectivity index (χ1n) is 7.44. The van der Waals surface area contributed by atoms with Crippen molar-refractivity contribution >= 4 is 33.5 Å². The summed E-state index contributed by atoms with van der Waals surface area (Å²) in [6.45, 7) is 2.45. The van der Waals surface area contributed by atoms with Gasteiger partial charge in [-0.2, -0.15) is 5.10 Å². The Morgan fingerprint density at radius 1 is 1.32 bits per heavy atom. The second kappa shape index (κ2) is 5.62. The van der Waals surface area contributed by atoms with E-state index < -0.39 is 12.0 Å². The second-order valence-corrected chi connectivity index (χ2v) is 6.53. The van der Waals surface area contributed by atoms with Crippen molar-refractivity contribution in [2.75, 3.05) is 6.54 Å². The predicted octanol–water partition coefficient (Wildman–Crippen LogP) is 0.998. The maximum Gasteiger partial charge on any atom is 0.374 e. The number of hydrogen-bond acceptors (Lipinski definition) is 6. The Morgan fingerprint density at radius 2 is 2.12 bits per heavy atom. The molecule has 4 heterocycles. The third-order valence-corrected chi connectivity index (χ3v) is 4.55. The summed E-state index contributed by atoms with van der Waals surface area (Å²) in [5.41, 5.74) is 0.830. The quantitative estimate of drug-likeness (QED) is 0.675. The summed E-state index contributed by atoms with van der Waals surface area (Å²) in [4.78, 5) is 29.8. The van der Waals surface area contributed by atoms with E-state index in [1.807, 2.05) is 0 Å². The molecule has 3 aromatic rings. The van der Waals surface area contributed by atoms with E-state index in [0.29, 0.717) is 24.6 Å². The van der Waals surface area contributed by atoms with Crippen LogP contribution in [-0.2, 0) is 6.54 Å². The van der Waals surface area contributed by atoms with Gasteiger partial charge >= 0.3 is 5.97 Å². The van der Waals surface area contributed by atoms with E-state index in [4.69, 9.17) is 5.11 Å². The molecule has 4 rings (SSSR count). The SMILES string of the molecule is CC1c2nnc(C(=O)O)n2CCN1C(=O)c1cc2ncc(Br)cn2n1. The van der Waals surface area contributed by atoms with Crippen molar-refractivity contribution < 1.29 is 14.7 Å². The molecule has 1 amide bonds. The number of carboxylic acids is 1. The fourth-order valence-electron chi connectivity index (χ4n) is 2.93. The van der Waals surface area contributed by atoms with Crippen molar-refractivity contribution in [1.29, 1.82) is 0 Å². The van der Waals surface area contributed by atoms with E-state index in [1.165, 1.54) is 9.08 Å². The number of carbonyl (C=O) groups excluding carboxylic acids is 1. The normalized spacial score (nSPS) is 16.9. The highest BCUT2D eigenvalue weighted by Gasteiger charge is 2.34. The van der Waals surface area contributed by atoms with Gasteiger partial charge in [-0.3, -0.25) is 4.79 Å². The molecule has 0 fully saturated rings. The van der Waals surface area contributed by atoms with E-state index in [9.17, 15) is 9.59 Å². The van der Waals surface area contributed by atoms with Crippen LogP contribution in [-0.4, -0.2) is 57.8 Å². The molecular weight excluding hydrogens is 394 g/mol. The number of halogens is 1. The number of carboxylic acid groups (broad SMARTS) is 1. The molecule has 1 unspecified atom stereocenters. The Hall–Kier alpha value is -2.82. The summed E-state index contributed by atoms with van der Waals surface area (Å²) >= 11 is 3.31. The number of amides is 1. The third kappa shape index (κ3) is 2.47. The van der Waals surface area contributed by atoms with Gasteiger partial charge in [0.2, 0.25) is 5.82 Å². The molecule has 10 nitrogen and oxygen atoms in total. The average Bonchev–Trinajstić information content (AvgIpc) is 3.18. The molecule has 11 heteroatoms. The maximum absolute atomic E-state index is 12.9. The van der Waals surface area contributed by atoms with E-state index in [1.54, 1.807) is 30.3 Å². The first-order valence-corrected chi connectivity index (χ1v) is 8.23. The zero-order valence-electron chi connectivity index (χ0n) is 13.0. The van der Waals surface area contributed by atoms with Crippen molar-refractivity contribution in [3.05, 3.63) is 40.3 Å². The Balaban J connectivity index is 1.66. The highest BCUT2D eigenvalue weighted by molar-refractivity contribution is 9.10. The molecule has 1 atom stereocenters. The van der Waals surface area contributed by atoms with Crippen LogP contribution in [0.4, 0.5) is 0 Å². The van der Waals surface area contributed by atoms with Crippen LogP contribution in [0.1, 0.15) is 39.9 Å². The summed E-state index contributed by atoms with van der Waals surface area (Å²) in [6, 6.07) is 1.20. The summed E-state index contributed by atoms with van der Waals surface area (Å²) in [7, 11) is 0. The molecule has 0 bridgehead atoms. The highest BCUT2D eigenvalue weighted by Crippen LogP contribution is 2.26. The number of rotatable bonds is 2. The Kier molecular flexibility index (Phi) is 3.53. The van der Waals surface area contributed by atoms with Gasteiger partial charge in [-0.1, -0.05) is 0 Å². The van der Waals surface area contributed by atoms with E-state index >= 15 is 0 Å². The molecule has 0 saturated heterocycles. The van der Waals surface area contributed by atoms with Crippen LogP contribution >= 0.6 is 15.9 Å². The fraction of sp³-hybridized carbons (Fsp3) is 0.286. The van der Waals surface area contributed by atoms with Gasteiger partial charge < -0.3 is 14.6 Å². The fourth-order valence-corrected chi connectivity index (χ4v) is 3.22. The number of aromatic carboxylic acids is 1. The predicted molar refractivity (Wildman–Crippen MR) is 87.1 cm³/mol. The molecular formula is C14H12BrN7O3.